The molecule has 4 aromatic rings. The third kappa shape index (κ3) is 2.37. The van der Waals surface area contributed by atoms with Crippen LogP contribution in [0.3, 0.4) is 0 Å². The first-order chi connectivity index (χ1) is 12.8. The van der Waals surface area contributed by atoms with Crippen LogP contribution in [-0.2, 0) is 6.42 Å². The summed E-state index contributed by atoms with van der Waals surface area (Å²) in [6.07, 6.45) is 6.16. The number of hydrogen-bond acceptors (Lipinski definition) is 3. The number of carbonyl (C=O) groups excluding carboxylic acids is 1. The maximum atomic E-state index is 12.9. The van der Waals surface area contributed by atoms with Gasteiger partial charge in [0, 0.05) is 29.1 Å². The normalized spacial score (nSPS) is 15.8. The predicted molar refractivity (Wildman–Crippen MR) is 99.9 cm³/mol. The second-order valence-corrected chi connectivity index (χ2v) is 6.50. The summed E-state index contributed by atoms with van der Waals surface area (Å²) in [7, 11) is 0. The molecule has 2 N–H and O–H groups in total. The summed E-state index contributed by atoms with van der Waals surface area (Å²) >= 11 is 0. The Kier molecular flexibility index (Phi) is 3.31. The van der Waals surface area contributed by atoms with Crippen molar-refractivity contribution in [1.82, 2.24) is 9.97 Å². The number of anilines is 1. The van der Waals surface area contributed by atoms with Crippen molar-refractivity contribution < 1.29 is 9.36 Å². The molecule has 1 unspecified atom stereocenters. The maximum Gasteiger partial charge on any atom is 0.359 e. The lowest BCUT2D eigenvalue weighted by Gasteiger charge is -2.02. The van der Waals surface area contributed by atoms with Crippen molar-refractivity contribution in [1.29, 1.82) is 0 Å². The van der Waals surface area contributed by atoms with E-state index in [0.29, 0.717) is 6.42 Å². The minimum Gasteiger partial charge on any atom is -0.360 e. The van der Waals surface area contributed by atoms with Gasteiger partial charge in [-0.2, -0.15) is 4.57 Å². The number of carbonyl (C=O) groups is 1. The summed E-state index contributed by atoms with van der Waals surface area (Å²) < 4.78 is 1.68. The zero-order valence-corrected chi connectivity index (χ0v) is 14.0. The molecule has 0 saturated carbocycles. The molecule has 126 valence electrons. The fourth-order valence-electron chi connectivity index (χ4n) is 3.53. The van der Waals surface area contributed by atoms with E-state index < -0.39 is 0 Å². The molecule has 0 aliphatic carbocycles. The summed E-state index contributed by atoms with van der Waals surface area (Å²) in [5.41, 5.74) is 3.97. The molecule has 5 rings (SSSR count). The van der Waals surface area contributed by atoms with Crippen LogP contribution in [0.1, 0.15) is 10.4 Å². The molecule has 0 radical (unpaired) electrons. The van der Waals surface area contributed by atoms with Crippen molar-refractivity contribution in [2.75, 3.05) is 5.32 Å². The zero-order chi connectivity index (χ0) is 17.5. The van der Waals surface area contributed by atoms with Gasteiger partial charge >= 0.3 is 11.7 Å². The molecule has 0 spiro atoms. The molecule has 5 heteroatoms. The maximum absolute atomic E-state index is 12.9. The third-order valence-electron chi connectivity index (χ3n) is 4.84. The van der Waals surface area contributed by atoms with Crippen LogP contribution in [0.15, 0.2) is 73.2 Å². The number of H-pyrrole nitrogens is 1. The highest BCUT2D eigenvalue weighted by Gasteiger charge is 2.38. The topological polar surface area (TPSA) is 61.7 Å². The Morgan fingerprint density at radius 1 is 1.04 bits per heavy atom. The van der Waals surface area contributed by atoms with Gasteiger partial charge in [0.05, 0.1) is 0 Å². The second kappa shape index (κ2) is 5.81. The number of nitrogens with zero attached hydrogens (tertiary/aromatic N) is 2. The SMILES string of the molecule is O=C1C(Cc2ccccc2)Nc2cnc(-c3c[nH]c4ccccc34)c[n+]21. The van der Waals surface area contributed by atoms with Crippen molar-refractivity contribution in [2.24, 2.45) is 0 Å². The van der Waals surface area contributed by atoms with Crippen LogP contribution >= 0.6 is 0 Å². The quantitative estimate of drug-likeness (QED) is 0.563. The van der Waals surface area contributed by atoms with E-state index >= 15 is 0 Å². The third-order valence-corrected chi connectivity index (χ3v) is 4.84. The molecule has 1 aliphatic rings. The molecule has 1 aliphatic heterocycles. The Bertz CT molecular complexity index is 1120. The lowest BCUT2D eigenvalue weighted by Crippen LogP contribution is -2.43. The smallest absolute Gasteiger partial charge is 0.359 e. The molecule has 0 bridgehead atoms. The van der Waals surface area contributed by atoms with Gasteiger partial charge in [0.1, 0.15) is 18.1 Å². The number of benzene rings is 2. The van der Waals surface area contributed by atoms with Crippen molar-refractivity contribution in [3.05, 3.63) is 78.8 Å². The van der Waals surface area contributed by atoms with Crippen LogP contribution in [0, 0.1) is 0 Å². The first-order valence-electron chi connectivity index (χ1n) is 8.62. The summed E-state index contributed by atoms with van der Waals surface area (Å²) in [5.74, 6) is 0.784. The van der Waals surface area contributed by atoms with E-state index in [0.717, 1.165) is 33.5 Å². The number of fused-ring (bicyclic) bond motifs is 2. The van der Waals surface area contributed by atoms with Crippen LogP contribution in [0.5, 0.6) is 0 Å². The molecule has 2 aromatic carbocycles. The van der Waals surface area contributed by atoms with E-state index in [2.05, 4.69) is 21.4 Å². The Balaban J connectivity index is 1.49. The summed E-state index contributed by atoms with van der Waals surface area (Å²) in [5, 5.41) is 4.38. The first-order valence-corrected chi connectivity index (χ1v) is 8.62. The van der Waals surface area contributed by atoms with Crippen LogP contribution < -0.4 is 9.88 Å². The van der Waals surface area contributed by atoms with E-state index in [4.69, 9.17) is 0 Å². The summed E-state index contributed by atoms with van der Waals surface area (Å²) in [6.45, 7) is 0. The molecular formula is C21H17N4O+. The molecule has 3 heterocycles. The molecule has 0 amide bonds. The van der Waals surface area contributed by atoms with Gasteiger partial charge in [-0.25, -0.2) is 9.78 Å². The molecule has 5 nitrogen and oxygen atoms in total. The van der Waals surface area contributed by atoms with Crippen LogP contribution in [0.2, 0.25) is 0 Å². The van der Waals surface area contributed by atoms with Gasteiger partial charge in [-0.05, 0) is 11.6 Å². The van der Waals surface area contributed by atoms with Crippen LogP contribution in [-0.4, -0.2) is 21.9 Å². The number of para-hydroxylation sites is 1. The molecular weight excluding hydrogens is 324 g/mol. The largest absolute Gasteiger partial charge is 0.360 e. The standard InChI is InChI=1S/C21H16N4O/c26-21-18(10-14-6-2-1-3-7-14)24-20-12-23-19(13-25(20)21)16-11-22-17-9-5-4-8-15(16)17/h1-9,11-13,18,22H,10H2/p+1. The summed E-state index contributed by atoms with van der Waals surface area (Å²) in [4.78, 5) is 20.7. The number of rotatable bonds is 3. The van der Waals surface area contributed by atoms with E-state index in [1.807, 2.05) is 60.9 Å². The van der Waals surface area contributed by atoms with Gasteiger partial charge in [-0.1, -0.05) is 48.5 Å². The molecule has 0 saturated heterocycles. The minimum atomic E-state index is -0.266. The monoisotopic (exact) mass is 341 g/mol. The number of aromatic nitrogens is 3. The van der Waals surface area contributed by atoms with Crippen LogP contribution in [0.4, 0.5) is 5.82 Å². The van der Waals surface area contributed by atoms with Crippen molar-refractivity contribution >= 4 is 22.6 Å². The Labute approximate surface area is 150 Å². The Morgan fingerprint density at radius 3 is 2.73 bits per heavy atom. The van der Waals surface area contributed by atoms with Gasteiger partial charge < -0.3 is 4.98 Å². The van der Waals surface area contributed by atoms with Gasteiger partial charge in [0.2, 0.25) is 0 Å². The van der Waals surface area contributed by atoms with E-state index in [1.165, 1.54) is 0 Å². The average molecular weight is 341 g/mol. The van der Waals surface area contributed by atoms with Gasteiger partial charge in [-0.15, -0.1) is 0 Å². The fourth-order valence-corrected chi connectivity index (χ4v) is 3.53. The lowest BCUT2D eigenvalue weighted by atomic mass is 10.1. The van der Waals surface area contributed by atoms with Gasteiger partial charge in [-0.3, -0.25) is 5.32 Å². The van der Waals surface area contributed by atoms with E-state index in [-0.39, 0.29) is 11.9 Å². The molecule has 0 fully saturated rings. The molecule has 26 heavy (non-hydrogen) atoms. The second-order valence-electron chi connectivity index (χ2n) is 6.50. The van der Waals surface area contributed by atoms with Gasteiger partial charge in [0.15, 0.2) is 6.04 Å². The minimum absolute atomic E-state index is 0.0485. The molecule has 1 atom stereocenters. The molecule has 2 aromatic heterocycles. The van der Waals surface area contributed by atoms with E-state index in [9.17, 15) is 4.79 Å². The highest BCUT2D eigenvalue weighted by molar-refractivity contribution is 5.94. The Morgan fingerprint density at radius 2 is 1.85 bits per heavy atom. The number of hydrogen-bond donors (Lipinski definition) is 2. The van der Waals surface area contributed by atoms with Crippen molar-refractivity contribution in [2.45, 2.75) is 12.5 Å². The zero-order valence-electron chi connectivity index (χ0n) is 14.0. The highest BCUT2D eigenvalue weighted by Crippen LogP contribution is 2.27. The summed E-state index contributed by atoms with van der Waals surface area (Å²) in [6, 6.07) is 17.9. The number of nitrogens with one attached hydrogen (secondary N) is 2. The Hall–Kier alpha value is -3.47. The predicted octanol–water partition coefficient (Wildman–Crippen LogP) is 3.19. The fraction of sp³-hybridized carbons (Fsp3) is 0.0952. The highest BCUT2D eigenvalue weighted by atomic mass is 16.2. The van der Waals surface area contributed by atoms with Crippen LogP contribution in [0.25, 0.3) is 22.2 Å². The number of aromatic amines is 1. The first kappa shape index (κ1) is 14.8. The van der Waals surface area contributed by atoms with Crippen molar-refractivity contribution in [3.8, 4) is 11.3 Å². The van der Waals surface area contributed by atoms with Gasteiger partial charge in [0.25, 0.3) is 0 Å². The van der Waals surface area contributed by atoms with E-state index in [1.54, 1.807) is 10.8 Å². The van der Waals surface area contributed by atoms with Crippen molar-refractivity contribution in [3.63, 3.8) is 0 Å². The lowest BCUT2D eigenvalue weighted by molar-refractivity contribution is -0.552. The average Bonchev–Trinajstić information content (AvgIpc) is 3.24.